The number of rotatable bonds is 7. The Balaban J connectivity index is 1.44. The molecule has 1 heterocycles. The molecular formula is C26H22FN3O2S. The molecule has 3 aromatic carbocycles. The zero-order valence-electron chi connectivity index (χ0n) is 17.8. The number of nitrogens with one attached hydrogen (secondary N) is 1. The van der Waals surface area contributed by atoms with Gasteiger partial charge in [0.2, 0.25) is 0 Å². The molecule has 7 heteroatoms. The molecule has 0 bridgehead atoms. The topological polar surface area (TPSA) is 64.0 Å². The van der Waals surface area contributed by atoms with Gasteiger partial charge >= 0.3 is 0 Å². The van der Waals surface area contributed by atoms with E-state index in [1.54, 1.807) is 28.8 Å². The third-order valence-corrected chi connectivity index (χ3v) is 6.60. The maximum atomic E-state index is 13.6. The summed E-state index contributed by atoms with van der Waals surface area (Å²) in [7, 11) is 0. The second kappa shape index (κ2) is 9.19. The Labute approximate surface area is 194 Å². The second-order valence-corrected chi connectivity index (χ2v) is 9.11. The lowest BCUT2D eigenvalue weighted by Crippen LogP contribution is -2.25. The van der Waals surface area contributed by atoms with E-state index in [0.29, 0.717) is 40.0 Å². The lowest BCUT2D eigenvalue weighted by Gasteiger charge is -2.14. The molecule has 1 aliphatic carbocycles. The highest BCUT2D eigenvalue weighted by Crippen LogP contribution is 2.24. The summed E-state index contributed by atoms with van der Waals surface area (Å²) < 4.78 is 15.2. The van der Waals surface area contributed by atoms with Crippen LogP contribution in [0.2, 0.25) is 0 Å². The monoisotopic (exact) mass is 459 g/mol. The Morgan fingerprint density at radius 3 is 2.58 bits per heavy atom. The van der Waals surface area contributed by atoms with E-state index in [2.05, 4.69) is 5.32 Å². The van der Waals surface area contributed by atoms with Gasteiger partial charge in [0.1, 0.15) is 5.82 Å². The summed E-state index contributed by atoms with van der Waals surface area (Å²) in [6.07, 6.45) is 2.08. The molecule has 1 N–H and O–H groups in total. The van der Waals surface area contributed by atoms with Crippen molar-refractivity contribution < 1.29 is 9.18 Å². The van der Waals surface area contributed by atoms with Gasteiger partial charge < -0.3 is 5.32 Å². The molecule has 0 spiro atoms. The van der Waals surface area contributed by atoms with Gasteiger partial charge in [-0.2, -0.15) is 0 Å². The molecule has 1 aliphatic rings. The van der Waals surface area contributed by atoms with Crippen LogP contribution in [0.25, 0.3) is 10.9 Å². The Hall–Kier alpha value is -3.45. The molecule has 0 aliphatic heterocycles. The molecule has 33 heavy (non-hydrogen) atoms. The number of halogens is 1. The molecule has 5 nitrogen and oxygen atoms in total. The molecular weight excluding hydrogens is 437 g/mol. The van der Waals surface area contributed by atoms with Crippen molar-refractivity contribution in [2.45, 2.75) is 36.3 Å². The summed E-state index contributed by atoms with van der Waals surface area (Å²) in [5.41, 5.74) is 2.82. The number of thioether (sulfide) groups is 1. The van der Waals surface area contributed by atoms with Crippen molar-refractivity contribution in [3.63, 3.8) is 0 Å². The quantitative estimate of drug-likeness (QED) is 0.319. The van der Waals surface area contributed by atoms with E-state index in [1.807, 2.05) is 36.4 Å². The SMILES string of the molecule is O=C(NC1CC1)c1ccc(Cn2c(SCc3cccc(F)c3)nc3ccccc3c2=O)cc1. The summed E-state index contributed by atoms with van der Waals surface area (Å²) in [4.78, 5) is 30.3. The van der Waals surface area contributed by atoms with Crippen LogP contribution in [0.15, 0.2) is 82.7 Å². The van der Waals surface area contributed by atoms with Crippen molar-refractivity contribution in [2.24, 2.45) is 0 Å². The van der Waals surface area contributed by atoms with Crippen LogP contribution >= 0.6 is 11.8 Å². The van der Waals surface area contributed by atoms with Gasteiger partial charge in [0.25, 0.3) is 11.5 Å². The molecule has 1 amide bonds. The molecule has 5 rings (SSSR count). The first kappa shape index (κ1) is 21.4. The largest absolute Gasteiger partial charge is 0.349 e. The van der Waals surface area contributed by atoms with Gasteiger partial charge in [0, 0.05) is 17.4 Å². The minimum Gasteiger partial charge on any atom is -0.349 e. The molecule has 0 radical (unpaired) electrons. The molecule has 1 fully saturated rings. The first-order valence-electron chi connectivity index (χ1n) is 10.8. The zero-order chi connectivity index (χ0) is 22.8. The van der Waals surface area contributed by atoms with Crippen molar-refractivity contribution in [1.29, 1.82) is 0 Å². The van der Waals surface area contributed by atoms with Gasteiger partial charge in [0.05, 0.1) is 17.4 Å². The fourth-order valence-electron chi connectivity index (χ4n) is 3.61. The van der Waals surface area contributed by atoms with E-state index in [1.165, 1.54) is 23.9 Å². The van der Waals surface area contributed by atoms with Crippen LogP contribution in [0, 0.1) is 5.82 Å². The fourth-order valence-corrected chi connectivity index (χ4v) is 4.55. The van der Waals surface area contributed by atoms with Gasteiger partial charge in [0.15, 0.2) is 5.16 Å². The molecule has 0 unspecified atom stereocenters. The summed E-state index contributed by atoms with van der Waals surface area (Å²) in [5.74, 6) is 0.130. The summed E-state index contributed by atoms with van der Waals surface area (Å²) in [6, 6.07) is 21.3. The third-order valence-electron chi connectivity index (χ3n) is 5.55. The summed E-state index contributed by atoms with van der Waals surface area (Å²) in [6.45, 7) is 0.326. The van der Waals surface area contributed by atoms with Crippen molar-refractivity contribution in [2.75, 3.05) is 0 Å². The molecule has 0 atom stereocenters. The third kappa shape index (κ3) is 4.98. The Morgan fingerprint density at radius 2 is 1.82 bits per heavy atom. The Bertz CT molecular complexity index is 1380. The normalized spacial score (nSPS) is 13.2. The molecule has 0 saturated heterocycles. The zero-order valence-corrected chi connectivity index (χ0v) is 18.6. The fraction of sp³-hybridized carbons (Fsp3) is 0.192. The van der Waals surface area contributed by atoms with Crippen molar-refractivity contribution in [1.82, 2.24) is 14.9 Å². The maximum Gasteiger partial charge on any atom is 0.262 e. The van der Waals surface area contributed by atoms with Gasteiger partial charge in [-0.15, -0.1) is 0 Å². The van der Waals surface area contributed by atoms with Crippen molar-refractivity contribution in [3.05, 3.63) is 106 Å². The highest BCUT2D eigenvalue weighted by atomic mass is 32.2. The van der Waals surface area contributed by atoms with E-state index >= 15 is 0 Å². The predicted octanol–water partition coefficient (Wildman–Crippen LogP) is 4.77. The van der Waals surface area contributed by atoms with E-state index < -0.39 is 0 Å². The number of carbonyl (C=O) groups excluding carboxylic acids is 1. The number of hydrogen-bond acceptors (Lipinski definition) is 4. The smallest absolute Gasteiger partial charge is 0.262 e. The first-order valence-corrected chi connectivity index (χ1v) is 11.8. The maximum absolute atomic E-state index is 13.6. The van der Waals surface area contributed by atoms with Crippen molar-refractivity contribution in [3.8, 4) is 0 Å². The van der Waals surface area contributed by atoms with E-state index in [9.17, 15) is 14.0 Å². The number of amides is 1. The lowest BCUT2D eigenvalue weighted by molar-refractivity contribution is 0.0951. The molecule has 1 aromatic heterocycles. The van der Waals surface area contributed by atoms with Crippen LogP contribution in [0.3, 0.4) is 0 Å². The molecule has 1 saturated carbocycles. The number of benzene rings is 3. The van der Waals surface area contributed by atoms with E-state index in [4.69, 9.17) is 4.98 Å². The number of para-hydroxylation sites is 1. The Kier molecular flexibility index (Phi) is 5.96. The van der Waals surface area contributed by atoms with Crippen LogP contribution in [0.1, 0.15) is 34.3 Å². The number of aromatic nitrogens is 2. The number of carbonyl (C=O) groups is 1. The highest BCUT2D eigenvalue weighted by molar-refractivity contribution is 7.98. The molecule has 166 valence electrons. The summed E-state index contributed by atoms with van der Waals surface area (Å²) in [5, 5.41) is 4.10. The average Bonchev–Trinajstić information content (AvgIpc) is 3.64. The van der Waals surface area contributed by atoms with Crippen LogP contribution in [0.5, 0.6) is 0 Å². The molecule has 4 aromatic rings. The first-order chi connectivity index (χ1) is 16.1. The van der Waals surface area contributed by atoms with E-state index in [0.717, 1.165) is 24.0 Å². The van der Waals surface area contributed by atoms with Gasteiger partial charge in [-0.05, 0) is 60.4 Å². The predicted molar refractivity (Wildman–Crippen MR) is 128 cm³/mol. The average molecular weight is 460 g/mol. The minimum atomic E-state index is -0.289. The van der Waals surface area contributed by atoms with Gasteiger partial charge in [-0.1, -0.05) is 48.2 Å². The Morgan fingerprint density at radius 1 is 1.03 bits per heavy atom. The number of hydrogen-bond donors (Lipinski definition) is 1. The van der Waals surface area contributed by atoms with Crippen LogP contribution in [0.4, 0.5) is 4.39 Å². The minimum absolute atomic E-state index is 0.0695. The van der Waals surface area contributed by atoms with E-state index in [-0.39, 0.29) is 17.3 Å². The highest BCUT2D eigenvalue weighted by Gasteiger charge is 2.23. The van der Waals surface area contributed by atoms with Crippen LogP contribution < -0.4 is 10.9 Å². The second-order valence-electron chi connectivity index (χ2n) is 8.17. The summed E-state index contributed by atoms with van der Waals surface area (Å²) >= 11 is 1.40. The van der Waals surface area contributed by atoms with Crippen molar-refractivity contribution >= 4 is 28.6 Å². The van der Waals surface area contributed by atoms with Crippen LogP contribution in [-0.4, -0.2) is 21.5 Å². The van der Waals surface area contributed by atoms with Gasteiger partial charge in [-0.3, -0.25) is 14.2 Å². The standard InChI is InChI=1S/C26H22FN3O2S/c27-20-5-3-4-18(14-20)16-33-26-29-23-7-2-1-6-22(23)25(32)30(26)15-17-8-10-19(11-9-17)24(31)28-21-12-13-21/h1-11,14,21H,12-13,15-16H2,(H,28,31). The lowest BCUT2D eigenvalue weighted by atomic mass is 10.1. The number of fused-ring (bicyclic) bond motifs is 1. The number of nitrogens with zero attached hydrogens (tertiary/aromatic N) is 2. The van der Waals surface area contributed by atoms with Gasteiger partial charge in [-0.25, -0.2) is 9.37 Å². The van der Waals surface area contributed by atoms with Crippen LogP contribution in [-0.2, 0) is 12.3 Å².